The van der Waals surface area contributed by atoms with E-state index in [0.29, 0.717) is 25.1 Å². The maximum absolute atomic E-state index is 14.7. The molecule has 2 heterocycles. The Morgan fingerprint density at radius 2 is 2.03 bits per heavy atom. The molecule has 1 aliphatic rings. The number of halogens is 3. The van der Waals surface area contributed by atoms with E-state index in [4.69, 9.17) is 0 Å². The standard InChI is InChI=1S/C21H22F3N3O3S/c1-13(8-10-31(2,29)30)26-21(28)20-17(23)11-14(12-25-20)27-9-4-7-18(27)15-5-3-6-16(22)19(15)24/h3,5-6,8,10-13,18H,4,7,9H2,1-2H3,(H,26,28)/b10-8+/t13-,18-/m1/s1. The molecule has 0 bridgehead atoms. The summed E-state index contributed by atoms with van der Waals surface area (Å²) in [6.45, 7) is 2.04. The van der Waals surface area contributed by atoms with Crippen molar-refractivity contribution in [3.63, 3.8) is 0 Å². The number of anilines is 1. The quantitative estimate of drug-likeness (QED) is 0.724. The lowest BCUT2D eigenvalue weighted by atomic mass is 10.0. The number of aromatic nitrogens is 1. The fourth-order valence-corrected chi connectivity index (χ4v) is 4.03. The second kappa shape index (κ2) is 9.09. The van der Waals surface area contributed by atoms with Gasteiger partial charge in [0.15, 0.2) is 33.0 Å². The first-order valence-corrected chi connectivity index (χ1v) is 11.6. The first kappa shape index (κ1) is 22.8. The molecular weight excluding hydrogens is 431 g/mol. The van der Waals surface area contributed by atoms with E-state index >= 15 is 0 Å². The van der Waals surface area contributed by atoms with Gasteiger partial charge in [0.25, 0.3) is 5.91 Å². The van der Waals surface area contributed by atoms with Gasteiger partial charge in [-0.3, -0.25) is 4.79 Å². The monoisotopic (exact) mass is 453 g/mol. The van der Waals surface area contributed by atoms with Crippen molar-refractivity contribution >= 4 is 21.4 Å². The number of hydrogen-bond donors (Lipinski definition) is 1. The highest BCUT2D eigenvalue weighted by Crippen LogP contribution is 2.37. The van der Waals surface area contributed by atoms with Crippen molar-refractivity contribution in [1.29, 1.82) is 0 Å². The number of benzene rings is 1. The van der Waals surface area contributed by atoms with Gasteiger partial charge in [0.2, 0.25) is 0 Å². The Morgan fingerprint density at radius 1 is 1.29 bits per heavy atom. The van der Waals surface area contributed by atoms with E-state index in [1.54, 1.807) is 4.90 Å². The fraction of sp³-hybridized carbons (Fsp3) is 0.333. The molecule has 0 saturated carbocycles. The Labute approximate surface area is 178 Å². The number of nitrogens with one attached hydrogen (secondary N) is 1. The number of carbonyl (C=O) groups excluding carboxylic acids is 1. The minimum Gasteiger partial charge on any atom is -0.363 e. The van der Waals surface area contributed by atoms with Crippen LogP contribution in [0.25, 0.3) is 0 Å². The van der Waals surface area contributed by atoms with E-state index in [2.05, 4.69) is 10.3 Å². The molecule has 166 valence electrons. The fourth-order valence-electron chi connectivity index (χ4n) is 3.51. The van der Waals surface area contributed by atoms with Crippen LogP contribution in [0.2, 0.25) is 0 Å². The average Bonchev–Trinajstić information content (AvgIpc) is 3.17. The normalized spacial score (nSPS) is 17.8. The summed E-state index contributed by atoms with van der Waals surface area (Å²) in [6.07, 6.45) is 4.86. The highest BCUT2D eigenvalue weighted by molar-refractivity contribution is 7.93. The molecule has 0 unspecified atom stereocenters. The van der Waals surface area contributed by atoms with Gasteiger partial charge >= 0.3 is 0 Å². The van der Waals surface area contributed by atoms with Gasteiger partial charge in [0, 0.05) is 35.9 Å². The van der Waals surface area contributed by atoms with Crippen molar-refractivity contribution in [3.8, 4) is 0 Å². The van der Waals surface area contributed by atoms with E-state index in [9.17, 15) is 26.4 Å². The molecule has 1 aromatic heterocycles. The molecule has 1 N–H and O–H groups in total. The molecule has 1 amide bonds. The summed E-state index contributed by atoms with van der Waals surface area (Å²) >= 11 is 0. The topological polar surface area (TPSA) is 79.4 Å². The summed E-state index contributed by atoms with van der Waals surface area (Å²) in [7, 11) is -3.35. The number of nitrogens with zero attached hydrogens (tertiary/aromatic N) is 2. The number of hydrogen-bond acceptors (Lipinski definition) is 5. The minimum atomic E-state index is -3.35. The van der Waals surface area contributed by atoms with Gasteiger partial charge in [-0.2, -0.15) is 0 Å². The van der Waals surface area contributed by atoms with Crippen molar-refractivity contribution in [3.05, 3.63) is 70.7 Å². The van der Waals surface area contributed by atoms with Crippen LogP contribution in [-0.4, -0.2) is 38.2 Å². The number of amides is 1. The Morgan fingerprint density at radius 3 is 2.71 bits per heavy atom. The second-order valence-corrected chi connectivity index (χ2v) is 9.37. The van der Waals surface area contributed by atoms with Gasteiger partial charge in [0.1, 0.15) is 0 Å². The summed E-state index contributed by atoms with van der Waals surface area (Å²) in [5, 5.41) is 3.40. The van der Waals surface area contributed by atoms with E-state index in [-0.39, 0.29) is 5.56 Å². The van der Waals surface area contributed by atoms with Gasteiger partial charge < -0.3 is 10.2 Å². The number of rotatable bonds is 6. The number of sulfone groups is 1. The third-order valence-corrected chi connectivity index (χ3v) is 5.59. The summed E-state index contributed by atoms with van der Waals surface area (Å²) in [6, 6.07) is 3.96. The van der Waals surface area contributed by atoms with Crippen molar-refractivity contribution in [1.82, 2.24) is 10.3 Å². The van der Waals surface area contributed by atoms with Crippen LogP contribution in [0.1, 0.15) is 41.9 Å². The molecule has 31 heavy (non-hydrogen) atoms. The van der Waals surface area contributed by atoms with Gasteiger partial charge in [0.05, 0.1) is 17.9 Å². The van der Waals surface area contributed by atoms with Crippen LogP contribution in [0.4, 0.5) is 18.9 Å². The van der Waals surface area contributed by atoms with E-state index in [1.807, 2.05) is 0 Å². The van der Waals surface area contributed by atoms with Crippen LogP contribution in [-0.2, 0) is 9.84 Å². The van der Waals surface area contributed by atoms with Crippen LogP contribution >= 0.6 is 0 Å². The molecule has 1 saturated heterocycles. The highest BCUT2D eigenvalue weighted by atomic mass is 32.2. The molecule has 0 aliphatic carbocycles. The average molecular weight is 453 g/mol. The van der Waals surface area contributed by atoms with Crippen molar-refractivity contribution in [2.75, 3.05) is 17.7 Å². The van der Waals surface area contributed by atoms with Crippen LogP contribution in [0.5, 0.6) is 0 Å². The summed E-state index contributed by atoms with van der Waals surface area (Å²) in [5.74, 6) is -3.55. The maximum Gasteiger partial charge on any atom is 0.273 e. The zero-order chi connectivity index (χ0) is 22.8. The van der Waals surface area contributed by atoms with E-state index in [0.717, 1.165) is 23.8 Å². The lowest BCUT2D eigenvalue weighted by Crippen LogP contribution is -2.32. The van der Waals surface area contributed by atoms with Crippen molar-refractivity contribution in [2.24, 2.45) is 0 Å². The Hall–Kier alpha value is -2.88. The second-order valence-electron chi connectivity index (χ2n) is 7.44. The number of pyridine rings is 1. The lowest BCUT2D eigenvalue weighted by molar-refractivity contribution is 0.0937. The van der Waals surface area contributed by atoms with E-state index in [1.165, 1.54) is 31.3 Å². The predicted octanol–water partition coefficient (Wildman–Crippen LogP) is 3.52. The number of carbonyl (C=O) groups is 1. The van der Waals surface area contributed by atoms with Crippen LogP contribution in [0, 0.1) is 17.5 Å². The first-order valence-electron chi connectivity index (χ1n) is 9.62. The van der Waals surface area contributed by atoms with Crippen LogP contribution < -0.4 is 10.2 Å². The zero-order valence-electron chi connectivity index (χ0n) is 17.0. The van der Waals surface area contributed by atoms with Crippen LogP contribution in [0.3, 0.4) is 0 Å². The molecule has 1 aromatic carbocycles. The molecule has 6 nitrogen and oxygen atoms in total. The molecule has 1 aliphatic heterocycles. The third-order valence-electron chi connectivity index (χ3n) is 4.94. The molecule has 2 aromatic rings. The summed E-state index contributed by atoms with van der Waals surface area (Å²) in [5.41, 5.74) is 0.0903. The molecule has 0 radical (unpaired) electrons. The smallest absolute Gasteiger partial charge is 0.273 e. The molecular formula is C21H22F3N3O3S. The van der Waals surface area contributed by atoms with Crippen molar-refractivity contribution < 1.29 is 26.4 Å². The molecule has 0 spiro atoms. The third kappa shape index (κ3) is 5.43. The van der Waals surface area contributed by atoms with Gasteiger partial charge in [-0.1, -0.05) is 18.2 Å². The predicted molar refractivity (Wildman–Crippen MR) is 111 cm³/mol. The Kier molecular flexibility index (Phi) is 6.68. The Bertz CT molecular complexity index is 1120. The van der Waals surface area contributed by atoms with Gasteiger partial charge in [-0.15, -0.1) is 0 Å². The Balaban J connectivity index is 1.79. The lowest BCUT2D eigenvalue weighted by Gasteiger charge is -2.27. The highest BCUT2D eigenvalue weighted by Gasteiger charge is 2.30. The molecule has 1 fully saturated rings. The molecule has 3 rings (SSSR count). The minimum absolute atomic E-state index is 0.186. The summed E-state index contributed by atoms with van der Waals surface area (Å²) < 4.78 is 64.9. The van der Waals surface area contributed by atoms with Crippen molar-refractivity contribution in [2.45, 2.75) is 31.8 Å². The molecule has 10 heteroatoms. The maximum atomic E-state index is 14.7. The van der Waals surface area contributed by atoms with Crippen LogP contribution in [0.15, 0.2) is 41.9 Å². The van der Waals surface area contributed by atoms with E-state index < -0.39 is 51.0 Å². The molecule has 2 atom stereocenters. The first-order chi connectivity index (χ1) is 14.6. The zero-order valence-corrected chi connectivity index (χ0v) is 17.8. The van der Waals surface area contributed by atoms with Gasteiger partial charge in [-0.05, 0) is 25.8 Å². The SMILES string of the molecule is C[C@H](/C=C/S(C)(=O)=O)NC(=O)c1ncc(N2CCC[C@@H]2c2cccc(F)c2F)cc1F. The summed E-state index contributed by atoms with van der Waals surface area (Å²) in [4.78, 5) is 17.9. The largest absolute Gasteiger partial charge is 0.363 e. The van der Waals surface area contributed by atoms with Gasteiger partial charge in [-0.25, -0.2) is 26.6 Å².